The summed E-state index contributed by atoms with van der Waals surface area (Å²) in [6.07, 6.45) is 0. The monoisotopic (exact) mass is 536 g/mol. The molecule has 200 valence electrons. The summed E-state index contributed by atoms with van der Waals surface area (Å²) >= 11 is 1.41. The van der Waals surface area contributed by atoms with Gasteiger partial charge in [0.2, 0.25) is 11.8 Å². The second kappa shape index (κ2) is 12.1. The Morgan fingerprint density at radius 1 is 0.842 bits per heavy atom. The van der Waals surface area contributed by atoms with E-state index in [1.165, 1.54) is 11.3 Å². The van der Waals surface area contributed by atoms with Gasteiger partial charge in [-0.25, -0.2) is 19.5 Å². The van der Waals surface area contributed by atoms with E-state index in [4.69, 9.17) is 23.9 Å². The van der Waals surface area contributed by atoms with Gasteiger partial charge in [0, 0.05) is 0 Å². The van der Waals surface area contributed by atoms with E-state index in [2.05, 4.69) is 0 Å². The number of carbonyl (C=O) groups is 2. The van der Waals surface area contributed by atoms with Crippen LogP contribution in [0, 0.1) is 6.92 Å². The average molecular weight is 537 g/mol. The van der Waals surface area contributed by atoms with Gasteiger partial charge >= 0.3 is 11.9 Å². The van der Waals surface area contributed by atoms with Crippen molar-refractivity contribution in [3.05, 3.63) is 82.6 Å². The third-order valence-corrected chi connectivity index (χ3v) is 6.86. The highest BCUT2D eigenvalue weighted by molar-refractivity contribution is 7.22. The van der Waals surface area contributed by atoms with Gasteiger partial charge in [-0.2, -0.15) is 0 Å². The maximum absolute atomic E-state index is 13.6. The minimum Gasteiger partial charge on any atom is -0.478 e. The third-order valence-electron chi connectivity index (χ3n) is 5.85. The first-order valence-corrected chi connectivity index (χ1v) is 13.6. The molecule has 1 aromatic heterocycles. The molecule has 0 saturated heterocycles. The van der Waals surface area contributed by atoms with E-state index in [1.54, 1.807) is 18.7 Å². The highest BCUT2D eigenvalue weighted by atomic mass is 32.1. The van der Waals surface area contributed by atoms with E-state index < -0.39 is 17.9 Å². The molecule has 0 unspecified atom stereocenters. The molecule has 2 heterocycles. The molecule has 0 atom stereocenters. The van der Waals surface area contributed by atoms with Crippen LogP contribution in [-0.4, -0.2) is 43.4 Å². The number of fused-ring (bicyclic) bond motifs is 1. The van der Waals surface area contributed by atoms with E-state index in [9.17, 15) is 9.59 Å². The van der Waals surface area contributed by atoms with Crippen LogP contribution < -0.4 is 4.90 Å². The summed E-state index contributed by atoms with van der Waals surface area (Å²) in [6, 6.07) is 15.2. The molecule has 8 nitrogen and oxygen atoms in total. The predicted molar refractivity (Wildman–Crippen MR) is 147 cm³/mol. The lowest BCUT2D eigenvalue weighted by Crippen LogP contribution is -2.39. The molecule has 38 heavy (non-hydrogen) atoms. The Balaban J connectivity index is 2.09. The topological polar surface area (TPSA) is 87.2 Å². The van der Waals surface area contributed by atoms with Gasteiger partial charge in [0.15, 0.2) is 5.13 Å². The van der Waals surface area contributed by atoms with Gasteiger partial charge in [-0.1, -0.05) is 47.7 Å². The van der Waals surface area contributed by atoms with E-state index >= 15 is 0 Å². The Hall–Kier alpha value is -3.85. The van der Waals surface area contributed by atoms with Crippen molar-refractivity contribution in [1.29, 1.82) is 0 Å². The second-order valence-electron chi connectivity index (χ2n) is 8.39. The zero-order valence-electron chi connectivity index (χ0n) is 22.3. The molecule has 0 fully saturated rings. The fraction of sp³-hybridized carbons (Fsp3) is 0.345. The number of aromatic nitrogens is 1. The largest absolute Gasteiger partial charge is 0.478 e. The number of nitrogens with zero attached hydrogens (tertiary/aromatic N) is 2. The van der Waals surface area contributed by atoms with Gasteiger partial charge in [0.25, 0.3) is 0 Å². The Labute approximate surface area is 226 Å². The maximum Gasteiger partial charge on any atom is 0.340 e. The molecule has 0 saturated carbocycles. The van der Waals surface area contributed by atoms with Gasteiger partial charge in [0.05, 0.1) is 42.6 Å². The number of anilines is 1. The highest BCUT2D eigenvalue weighted by Gasteiger charge is 2.46. The highest BCUT2D eigenvalue weighted by Crippen LogP contribution is 2.47. The summed E-state index contributed by atoms with van der Waals surface area (Å²) in [5, 5.41) is 0.493. The van der Waals surface area contributed by atoms with Crippen molar-refractivity contribution in [2.45, 2.75) is 40.5 Å². The SMILES string of the molecule is CCOC(=O)C1=C(OCC)N(c2nc3ccc(C)cc3s2)C(OCC)=C(C(=O)OCC)C1c1ccccc1. The number of thiazole rings is 1. The molecule has 3 aromatic rings. The Bertz CT molecular complexity index is 1330. The smallest absolute Gasteiger partial charge is 0.340 e. The van der Waals surface area contributed by atoms with Crippen molar-refractivity contribution < 1.29 is 28.5 Å². The normalized spacial score (nSPS) is 14.2. The van der Waals surface area contributed by atoms with Crippen molar-refractivity contribution in [2.24, 2.45) is 0 Å². The van der Waals surface area contributed by atoms with E-state index in [0.29, 0.717) is 10.7 Å². The molecule has 0 amide bonds. The molecule has 0 radical (unpaired) electrons. The fourth-order valence-electron chi connectivity index (χ4n) is 4.38. The summed E-state index contributed by atoms with van der Waals surface area (Å²) in [6.45, 7) is 9.97. The zero-order chi connectivity index (χ0) is 27.2. The van der Waals surface area contributed by atoms with Crippen LogP contribution in [0.5, 0.6) is 0 Å². The first kappa shape index (κ1) is 27.2. The molecule has 0 aliphatic carbocycles. The average Bonchev–Trinajstić information content (AvgIpc) is 3.32. The van der Waals surface area contributed by atoms with Crippen LogP contribution in [-0.2, 0) is 28.5 Å². The summed E-state index contributed by atoms with van der Waals surface area (Å²) in [5.41, 5.74) is 2.94. The molecule has 1 aliphatic rings. The van der Waals surface area contributed by atoms with E-state index in [0.717, 1.165) is 15.8 Å². The third kappa shape index (κ3) is 5.24. The lowest BCUT2D eigenvalue weighted by molar-refractivity contribution is -0.140. The van der Waals surface area contributed by atoms with Crippen LogP contribution in [0.15, 0.2) is 71.4 Å². The lowest BCUT2D eigenvalue weighted by atomic mass is 9.82. The van der Waals surface area contributed by atoms with Crippen LogP contribution in [0.4, 0.5) is 5.13 Å². The zero-order valence-corrected chi connectivity index (χ0v) is 23.1. The van der Waals surface area contributed by atoms with Gasteiger partial charge in [0.1, 0.15) is 11.1 Å². The number of ether oxygens (including phenoxy) is 4. The summed E-state index contributed by atoms with van der Waals surface area (Å²) in [4.78, 5) is 33.7. The first-order chi connectivity index (χ1) is 18.4. The Morgan fingerprint density at radius 2 is 1.42 bits per heavy atom. The van der Waals surface area contributed by atoms with Crippen LogP contribution in [0.3, 0.4) is 0 Å². The number of esters is 2. The number of rotatable bonds is 10. The van der Waals surface area contributed by atoms with Crippen molar-refractivity contribution in [1.82, 2.24) is 4.98 Å². The van der Waals surface area contributed by atoms with Gasteiger partial charge in [-0.3, -0.25) is 0 Å². The van der Waals surface area contributed by atoms with Crippen LogP contribution in [0.2, 0.25) is 0 Å². The quantitative estimate of drug-likeness (QED) is 0.299. The predicted octanol–water partition coefficient (Wildman–Crippen LogP) is 5.83. The van der Waals surface area contributed by atoms with Crippen molar-refractivity contribution >= 4 is 38.6 Å². The number of hydrogen-bond acceptors (Lipinski definition) is 9. The number of hydrogen-bond donors (Lipinski definition) is 0. The fourth-order valence-corrected chi connectivity index (χ4v) is 5.44. The molecular weight excluding hydrogens is 504 g/mol. The summed E-state index contributed by atoms with van der Waals surface area (Å²) in [5.74, 6) is -1.60. The Kier molecular flexibility index (Phi) is 8.68. The maximum atomic E-state index is 13.6. The molecule has 0 bridgehead atoms. The van der Waals surface area contributed by atoms with E-state index in [1.807, 2.05) is 69.3 Å². The second-order valence-corrected chi connectivity index (χ2v) is 9.40. The molecule has 2 aromatic carbocycles. The number of benzene rings is 2. The molecule has 9 heteroatoms. The molecule has 0 N–H and O–H groups in total. The molecular formula is C29H32N2O6S. The number of aryl methyl sites for hydroxylation is 1. The van der Waals surface area contributed by atoms with Gasteiger partial charge < -0.3 is 18.9 Å². The standard InChI is InChI=1S/C29H32N2O6S/c1-6-34-25-23(27(32)36-8-3)22(19-13-11-10-12-14-19)24(28(33)37-9-4)26(35-7-2)31(25)29-30-20-16-15-18(5)17-21(20)38-29/h10-17,22H,6-9H2,1-5H3. The van der Waals surface area contributed by atoms with Crippen LogP contribution in [0.1, 0.15) is 44.7 Å². The molecule has 4 rings (SSSR count). The van der Waals surface area contributed by atoms with Crippen molar-refractivity contribution in [2.75, 3.05) is 31.3 Å². The molecule has 1 aliphatic heterocycles. The minimum absolute atomic E-state index is 0.153. The van der Waals surface area contributed by atoms with Crippen LogP contribution >= 0.6 is 11.3 Å². The van der Waals surface area contributed by atoms with Crippen molar-refractivity contribution in [3.8, 4) is 0 Å². The first-order valence-electron chi connectivity index (χ1n) is 12.7. The lowest BCUT2D eigenvalue weighted by Gasteiger charge is -2.36. The summed E-state index contributed by atoms with van der Waals surface area (Å²) in [7, 11) is 0. The number of carbonyl (C=O) groups excluding carboxylic acids is 2. The minimum atomic E-state index is -0.842. The van der Waals surface area contributed by atoms with Gasteiger partial charge in [-0.05, 0) is 57.9 Å². The van der Waals surface area contributed by atoms with Crippen molar-refractivity contribution in [3.63, 3.8) is 0 Å². The van der Waals surface area contributed by atoms with Crippen LogP contribution in [0.25, 0.3) is 10.2 Å². The summed E-state index contributed by atoms with van der Waals surface area (Å²) < 4.78 is 24.3. The van der Waals surface area contributed by atoms with E-state index in [-0.39, 0.29) is 49.3 Å². The van der Waals surface area contributed by atoms with Gasteiger partial charge in [-0.15, -0.1) is 0 Å². The molecule has 0 spiro atoms. The Morgan fingerprint density at radius 3 is 1.95 bits per heavy atom.